The number of hydrogen-bond donors (Lipinski definition) is 4. The molecule has 0 fully saturated rings. The predicted molar refractivity (Wildman–Crippen MR) is 231 cm³/mol. The summed E-state index contributed by atoms with van der Waals surface area (Å²) in [4.78, 5) is 28.9. The summed E-state index contributed by atoms with van der Waals surface area (Å²) in [5.74, 6) is -0.0398. The van der Waals surface area contributed by atoms with Crippen molar-refractivity contribution in [1.82, 2.24) is 35.8 Å². The van der Waals surface area contributed by atoms with Crippen LogP contribution >= 0.6 is 0 Å². The van der Waals surface area contributed by atoms with E-state index in [1.165, 1.54) is 0 Å². The van der Waals surface area contributed by atoms with Gasteiger partial charge in [-0.2, -0.15) is 8.42 Å². The first kappa shape index (κ1) is 48.8. The monoisotopic (exact) mass is 866 g/mol. The van der Waals surface area contributed by atoms with Crippen LogP contribution in [0.2, 0.25) is 0 Å². The van der Waals surface area contributed by atoms with Crippen LogP contribution in [0.3, 0.4) is 0 Å². The zero-order chi connectivity index (χ0) is 43.8. The van der Waals surface area contributed by atoms with Gasteiger partial charge in [0, 0.05) is 56.3 Å². The number of amides is 2. The fourth-order valence-electron chi connectivity index (χ4n) is 6.33. The van der Waals surface area contributed by atoms with Gasteiger partial charge in [-0.25, -0.2) is 9.67 Å². The van der Waals surface area contributed by atoms with Crippen LogP contribution in [-0.4, -0.2) is 121 Å². The molecule has 0 unspecified atom stereocenters. The molecule has 0 spiro atoms. The molecule has 0 aliphatic carbocycles. The second-order valence-electron chi connectivity index (χ2n) is 15.2. The third-order valence-corrected chi connectivity index (χ3v) is 10.4. The van der Waals surface area contributed by atoms with Gasteiger partial charge in [0.15, 0.2) is 5.82 Å². The van der Waals surface area contributed by atoms with Crippen molar-refractivity contribution in [3.05, 3.63) is 78.6 Å². The highest BCUT2D eigenvalue weighted by Gasteiger charge is 2.27. The maximum absolute atomic E-state index is 12.4. The van der Waals surface area contributed by atoms with Crippen molar-refractivity contribution in [2.24, 2.45) is 5.73 Å². The Morgan fingerprint density at radius 2 is 1.39 bits per heavy atom. The maximum Gasteiger partial charge on any atom is 0.266 e. The summed E-state index contributed by atoms with van der Waals surface area (Å²) in [5, 5.41) is 18.0. The zero-order valence-corrected chi connectivity index (χ0v) is 36.2. The van der Waals surface area contributed by atoms with E-state index in [1.807, 2.05) is 47.1 Å². The number of ether oxygens (including phenoxy) is 4. The smallest absolute Gasteiger partial charge is 0.266 e. The summed E-state index contributed by atoms with van der Waals surface area (Å²) >= 11 is 0. The number of tetrazole rings is 1. The van der Waals surface area contributed by atoms with Crippen molar-refractivity contribution in [2.75, 3.05) is 65.1 Å². The molecule has 18 heteroatoms. The van der Waals surface area contributed by atoms with Crippen molar-refractivity contribution >= 4 is 21.9 Å². The lowest BCUT2D eigenvalue weighted by Gasteiger charge is -2.23. The zero-order valence-electron chi connectivity index (χ0n) is 35.4. The first-order valence-corrected chi connectivity index (χ1v) is 22.5. The number of nitrogens with zero attached hydrogens (tertiary/aromatic N) is 5. The van der Waals surface area contributed by atoms with Crippen LogP contribution in [0.15, 0.2) is 72.8 Å². The minimum atomic E-state index is -4.31. The van der Waals surface area contributed by atoms with Crippen molar-refractivity contribution in [2.45, 2.75) is 83.2 Å². The van der Waals surface area contributed by atoms with Crippen LogP contribution < -0.4 is 21.1 Å². The molecule has 0 saturated heterocycles. The Labute approximate surface area is 359 Å². The molecule has 2 heterocycles. The third-order valence-electron chi connectivity index (χ3n) is 9.61. The van der Waals surface area contributed by atoms with Gasteiger partial charge >= 0.3 is 0 Å². The second kappa shape index (κ2) is 26.5. The van der Waals surface area contributed by atoms with E-state index in [0.717, 1.165) is 60.3 Å². The summed E-state index contributed by atoms with van der Waals surface area (Å²) in [6, 6.07) is 23.2. The molecule has 61 heavy (non-hydrogen) atoms. The second-order valence-corrected chi connectivity index (χ2v) is 16.7. The van der Waals surface area contributed by atoms with E-state index >= 15 is 0 Å². The molecule has 0 aliphatic rings. The van der Waals surface area contributed by atoms with Gasteiger partial charge in [-0.15, -0.1) is 5.10 Å². The molecule has 0 saturated carbocycles. The molecule has 5 N–H and O–H groups in total. The highest BCUT2D eigenvalue weighted by atomic mass is 32.2. The molecule has 2 amide bonds. The largest absolute Gasteiger partial charge is 0.478 e. The van der Waals surface area contributed by atoms with Gasteiger partial charge in [-0.3, -0.25) is 14.1 Å². The summed E-state index contributed by atoms with van der Waals surface area (Å²) in [7, 11) is -4.31. The molecule has 334 valence electrons. The van der Waals surface area contributed by atoms with Gasteiger partial charge in [-0.1, -0.05) is 74.5 Å². The average Bonchev–Trinajstić information content (AvgIpc) is 3.73. The number of pyridine rings is 1. The predicted octanol–water partition coefficient (Wildman–Crippen LogP) is 4.38. The summed E-state index contributed by atoms with van der Waals surface area (Å²) < 4.78 is 54.8. The Kier molecular flexibility index (Phi) is 21.2. The molecule has 0 bridgehead atoms. The van der Waals surface area contributed by atoms with Crippen LogP contribution in [-0.2, 0) is 45.9 Å². The number of carbonyl (C=O) groups excluding carboxylic acids is 2. The van der Waals surface area contributed by atoms with E-state index in [1.54, 1.807) is 0 Å². The number of carbonyl (C=O) groups is 2. The van der Waals surface area contributed by atoms with Crippen molar-refractivity contribution < 1.29 is 41.5 Å². The highest BCUT2D eigenvalue weighted by molar-refractivity contribution is 7.85. The number of aryl methyl sites for hydroxylation is 1. The number of benzene rings is 2. The normalized spacial score (nSPS) is 12.3. The van der Waals surface area contributed by atoms with Crippen molar-refractivity contribution in [3.63, 3.8) is 0 Å². The van der Waals surface area contributed by atoms with E-state index in [-0.39, 0.29) is 17.9 Å². The minimum Gasteiger partial charge on any atom is -0.478 e. The van der Waals surface area contributed by atoms with Crippen LogP contribution in [0.25, 0.3) is 22.4 Å². The molecule has 4 aromatic rings. The third kappa shape index (κ3) is 19.2. The summed E-state index contributed by atoms with van der Waals surface area (Å²) in [5.41, 5.74) is 9.27. The van der Waals surface area contributed by atoms with Crippen LogP contribution in [0.5, 0.6) is 5.88 Å². The minimum absolute atomic E-state index is 0.00390. The maximum atomic E-state index is 12.4. The molecule has 0 aliphatic heterocycles. The van der Waals surface area contributed by atoms with Crippen molar-refractivity contribution in [3.8, 4) is 28.3 Å². The van der Waals surface area contributed by atoms with E-state index in [0.29, 0.717) is 84.5 Å². The number of nitrogens with one attached hydrogen (secondary N) is 2. The topological polar surface area (TPSA) is 232 Å². The fourth-order valence-corrected chi connectivity index (χ4v) is 6.93. The first-order valence-electron chi connectivity index (χ1n) is 20.9. The lowest BCUT2D eigenvalue weighted by atomic mass is 9.86. The molecule has 0 radical (unpaired) electrons. The number of rotatable bonds is 31. The Morgan fingerprint density at radius 3 is 2.05 bits per heavy atom. The molecule has 2 aromatic heterocycles. The van der Waals surface area contributed by atoms with Crippen molar-refractivity contribution in [1.29, 1.82) is 0 Å². The van der Waals surface area contributed by atoms with Gasteiger partial charge in [0.1, 0.15) is 6.04 Å². The summed E-state index contributed by atoms with van der Waals surface area (Å²) in [6.07, 6.45) is 5.78. The van der Waals surface area contributed by atoms with Gasteiger partial charge in [0.2, 0.25) is 17.7 Å². The molecule has 17 nitrogen and oxygen atoms in total. The van der Waals surface area contributed by atoms with Gasteiger partial charge in [0.25, 0.3) is 10.1 Å². The van der Waals surface area contributed by atoms with Gasteiger partial charge in [0.05, 0.1) is 44.5 Å². The Morgan fingerprint density at radius 1 is 0.770 bits per heavy atom. The van der Waals surface area contributed by atoms with E-state index in [2.05, 4.69) is 70.3 Å². The SMILES string of the molecule is CC(C)(CCCCOc1cc(-c2ccccc2)cc(-c2ccccc2)n1)c1nnnn1CCCCC(=O)NCCCOCCOCCOCCCNC(=O)[C@@H](N)CS(=O)(=O)O. The first-order chi connectivity index (χ1) is 29.4. The molecular formula is C43H62N8O9S. The van der Waals surface area contributed by atoms with Crippen LogP contribution in [0.1, 0.15) is 71.0 Å². The number of hydrogen-bond acceptors (Lipinski definition) is 13. The Balaban J connectivity index is 1.00. The lowest BCUT2D eigenvalue weighted by molar-refractivity contribution is -0.122. The molecular weight excluding hydrogens is 805 g/mol. The Hall–Kier alpha value is -4.85. The average molecular weight is 867 g/mol. The van der Waals surface area contributed by atoms with E-state index in [4.69, 9.17) is 34.2 Å². The molecule has 2 aromatic carbocycles. The number of nitrogens with two attached hydrogens (primary N) is 1. The molecule has 1 atom stereocenters. The highest BCUT2D eigenvalue weighted by Crippen LogP contribution is 2.30. The van der Waals surface area contributed by atoms with E-state index < -0.39 is 27.8 Å². The Bertz CT molecular complexity index is 1930. The molecule has 4 rings (SSSR count). The number of unbranched alkanes of at least 4 members (excludes halogenated alkanes) is 2. The van der Waals surface area contributed by atoms with Gasteiger partial charge in [-0.05, 0) is 72.6 Å². The summed E-state index contributed by atoms with van der Waals surface area (Å²) in [6.45, 7) is 8.75. The van der Waals surface area contributed by atoms with Crippen LogP contribution in [0.4, 0.5) is 0 Å². The fraction of sp³-hybridized carbons (Fsp3) is 0.535. The van der Waals surface area contributed by atoms with Crippen LogP contribution in [0, 0.1) is 0 Å². The quantitative estimate of drug-likeness (QED) is 0.0407. The van der Waals surface area contributed by atoms with Gasteiger partial charge < -0.3 is 35.3 Å². The van der Waals surface area contributed by atoms with E-state index in [9.17, 15) is 18.0 Å². The lowest BCUT2D eigenvalue weighted by Crippen LogP contribution is -2.45. The standard InChI is InChI=1S/C43H62N8O9S/c1-43(2,20-10-12-26-60-40-32-36(34-15-5-3-6-16-34)31-38(47-40)35-17-7-4-8-18-35)42-48-49-50-51(42)23-11-9-19-39(52)45-21-13-24-57-27-29-59-30-28-58-25-14-22-46-41(53)37(44)33-61(54,55)56/h3-8,15-18,31-32,37H,9-14,19-30,33,44H2,1-2H3,(H,45,52)(H,46,53)(H,54,55,56)/t37-/m0/s1. The number of aromatic nitrogens is 5.